The Bertz CT molecular complexity index is 595. The second kappa shape index (κ2) is 7.28. The highest BCUT2D eigenvalue weighted by Crippen LogP contribution is 2.28. The Labute approximate surface area is 132 Å². The summed E-state index contributed by atoms with van der Waals surface area (Å²) >= 11 is 0. The molecule has 1 fully saturated rings. The topological polar surface area (TPSA) is 23.5 Å². The number of phenols is 1. The summed E-state index contributed by atoms with van der Waals surface area (Å²) in [6.07, 6.45) is 6.86. The predicted molar refractivity (Wildman–Crippen MR) is 92.0 cm³/mol. The van der Waals surface area contributed by atoms with Crippen LogP contribution in [0.15, 0.2) is 60.7 Å². The minimum absolute atomic E-state index is 0.354. The van der Waals surface area contributed by atoms with Crippen molar-refractivity contribution in [2.45, 2.75) is 18.8 Å². The molecule has 2 nitrogen and oxygen atoms in total. The fraction of sp³-hybridized carbons (Fsp3) is 0.300. The molecule has 0 bridgehead atoms. The Balaban J connectivity index is 1.47. The van der Waals surface area contributed by atoms with Crippen molar-refractivity contribution in [1.82, 2.24) is 4.90 Å². The van der Waals surface area contributed by atoms with E-state index >= 15 is 0 Å². The van der Waals surface area contributed by atoms with E-state index in [9.17, 15) is 5.11 Å². The number of hydrogen-bond donors (Lipinski definition) is 1. The van der Waals surface area contributed by atoms with Gasteiger partial charge in [-0.1, -0.05) is 54.6 Å². The van der Waals surface area contributed by atoms with Gasteiger partial charge in [0.25, 0.3) is 0 Å². The first kappa shape index (κ1) is 14.9. The van der Waals surface area contributed by atoms with Crippen molar-refractivity contribution in [3.8, 4) is 5.75 Å². The van der Waals surface area contributed by atoms with Gasteiger partial charge in [-0.15, -0.1) is 0 Å². The molecule has 0 amide bonds. The van der Waals surface area contributed by atoms with Crippen LogP contribution >= 0.6 is 0 Å². The lowest BCUT2D eigenvalue weighted by atomic mass is 9.89. The van der Waals surface area contributed by atoms with E-state index in [1.54, 1.807) is 12.1 Å². The summed E-state index contributed by atoms with van der Waals surface area (Å²) in [6, 6.07) is 18.2. The summed E-state index contributed by atoms with van der Waals surface area (Å²) in [5.74, 6) is 0.988. The van der Waals surface area contributed by atoms with Crippen LogP contribution in [0.1, 0.15) is 29.9 Å². The number of benzene rings is 2. The Morgan fingerprint density at radius 1 is 0.955 bits per heavy atom. The van der Waals surface area contributed by atoms with Gasteiger partial charge in [0, 0.05) is 6.54 Å². The van der Waals surface area contributed by atoms with Gasteiger partial charge in [0.1, 0.15) is 5.75 Å². The summed E-state index contributed by atoms with van der Waals surface area (Å²) < 4.78 is 0. The van der Waals surface area contributed by atoms with E-state index in [0.29, 0.717) is 11.7 Å². The van der Waals surface area contributed by atoms with Crippen LogP contribution in [0.5, 0.6) is 5.75 Å². The van der Waals surface area contributed by atoms with Crippen LogP contribution in [-0.4, -0.2) is 29.6 Å². The average molecular weight is 293 g/mol. The lowest BCUT2D eigenvalue weighted by Crippen LogP contribution is -2.32. The Morgan fingerprint density at radius 3 is 2.32 bits per heavy atom. The van der Waals surface area contributed by atoms with E-state index in [1.165, 1.54) is 24.0 Å². The largest absolute Gasteiger partial charge is 0.508 e. The maximum Gasteiger partial charge on any atom is 0.115 e. The fourth-order valence-electron chi connectivity index (χ4n) is 3.10. The van der Waals surface area contributed by atoms with E-state index in [4.69, 9.17) is 0 Å². The summed E-state index contributed by atoms with van der Waals surface area (Å²) in [4.78, 5) is 2.51. The molecule has 2 aromatic carbocycles. The second-order valence-corrected chi connectivity index (χ2v) is 5.98. The lowest BCUT2D eigenvalue weighted by Gasteiger charge is -2.31. The highest BCUT2D eigenvalue weighted by atomic mass is 16.3. The van der Waals surface area contributed by atoms with Crippen molar-refractivity contribution in [2.75, 3.05) is 19.6 Å². The minimum atomic E-state index is 0.354. The molecule has 0 radical (unpaired) electrons. The smallest absolute Gasteiger partial charge is 0.115 e. The number of phenolic OH excluding ortho intramolecular Hbond substituents is 1. The number of aromatic hydroxyl groups is 1. The first-order valence-electron chi connectivity index (χ1n) is 8.04. The standard InChI is InChI=1S/C20H23NO/c22-20-10-8-18(9-11-20)19-12-15-21(16-13-19)14-4-7-17-5-2-1-3-6-17/h1-11,19,22H,12-16H2/b7-4+. The maximum atomic E-state index is 9.37. The van der Waals surface area contributed by atoms with E-state index in [-0.39, 0.29) is 0 Å². The zero-order valence-corrected chi connectivity index (χ0v) is 12.9. The molecule has 1 saturated heterocycles. The predicted octanol–water partition coefficient (Wildman–Crippen LogP) is 4.29. The second-order valence-electron chi connectivity index (χ2n) is 5.98. The lowest BCUT2D eigenvalue weighted by molar-refractivity contribution is 0.233. The monoisotopic (exact) mass is 293 g/mol. The molecule has 0 spiro atoms. The maximum absolute atomic E-state index is 9.37. The van der Waals surface area contributed by atoms with Crippen LogP contribution in [0, 0.1) is 0 Å². The van der Waals surface area contributed by atoms with Gasteiger partial charge < -0.3 is 5.11 Å². The molecule has 114 valence electrons. The summed E-state index contributed by atoms with van der Waals surface area (Å²) in [5.41, 5.74) is 2.62. The molecule has 1 N–H and O–H groups in total. The average Bonchev–Trinajstić information content (AvgIpc) is 2.57. The molecular formula is C20H23NO. The van der Waals surface area contributed by atoms with Crippen LogP contribution in [0.4, 0.5) is 0 Å². The van der Waals surface area contributed by atoms with Gasteiger partial charge in [-0.25, -0.2) is 0 Å². The van der Waals surface area contributed by atoms with Crippen LogP contribution in [-0.2, 0) is 0 Å². The Hall–Kier alpha value is -2.06. The molecular weight excluding hydrogens is 270 g/mol. The molecule has 1 aliphatic heterocycles. The van der Waals surface area contributed by atoms with Gasteiger partial charge >= 0.3 is 0 Å². The van der Waals surface area contributed by atoms with Gasteiger partial charge in [0.15, 0.2) is 0 Å². The summed E-state index contributed by atoms with van der Waals surface area (Å²) in [7, 11) is 0. The van der Waals surface area contributed by atoms with Crippen LogP contribution in [0.2, 0.25) is 0 Å². The molecule has 0 unspecified atom stereocenters. The molecule has 2 aromatic rings. The minimum Gasteiger partial charge on any atom is -0.508 e. The molecule has 2 heteroatoms. The first-order valence-corrected chi connectivity index (χ1v) is 8.04. The Morgan fingerprint density at radius 2 is 1.64 bits per heavy atom. The van der Waals surface area contributed by atoms with Crippen molar-refractivity contribution in [2.24, 2.45) is 0 Å². The van der Waals surface area contributed by atoms with Gasteiger partial charge in [-0.3, -0.25) is 4.90 Å². The zero-order chi connectivity index (χ0) is 15.2. The summed E-state index contributed by atoms with van der Waals surface area (Å²) in [6.45, 7) is 3.31. The number of rotatable bonds is 4. The highest BCUT2D eigenvalue weighted by molar-refractivity contribution is 5.48. The van der Waals surface area contributed by atoms with E-state index in [0.717, 1.165) is 19.6 Å². The van der Waals surface area contributed by atoms with Gasteiger partial charge in [-0.05, 0) is 55.1 Å². The molecule has 0 saturated carbocycles. The van der Waals surface area contributed by atoms with E-state index < -0.39 is 0 Å². The van der Waals surface area contributed by atoms with Gasteiger partial charge in [-0.2, -0.15) is 0 Å². The third-order valence-corrected chi connectivity index (χ3v) is 4.43. The van der Waals surface area contributed by atoms with Gasteiger partial charge in [0.05, 0.1) is 0 Å². The SMILES string of the molecule is Oc1ccc(C2CCN(C/C=C/c3ccccc3)CC2)cc1. The molecule has 1 aliphatic rings. The van der Waals surface area contributed by atoms with E-state index in [2.05, 4.69) is 53.5 Å². The first-order chi connectivity index (χ1) is 10.8. The van der Waals surface area contributed by atoms with Crippen molar-refractivity contribution < 1.29 is 5.11 Å². The highest BCUT2D eigenvalue weighted by Gasteiger charge is 2.19. The number of likely N-dealkylation sites (tertiary alicyclic amines) is 1. The molecule has 3 rings (SSSR count). The molecule has 0 atom stereocenters. The number of nitrogens with zero attached hydrogens (tertiary/aromatic N) is 1. The normalized spacial score (nSPS) is 17.1. The zero-order valence-electron chi connectivity index (χ0n) is 12.9. The third kappa shape index (κ3) is 3.99. The van der Waals surface area contributed by atoms with Crippen molar-refractivity contribution in [3.05, 3.63) is 71.8 Å². The molecule has 0 aliphatic carbocycles. The number of hydrogen-bond acceptors (Lipinski definition) is 2. The fourth-order valence-corrected chi connectivity index (χ4v) is 3.10. The van der Waals surface area contributed by atoms with E-state index in [1.807, 2.05) is 6.07 Å². The molecule has 0 aromatic heterocycles. The molecule has 1 heterocycles. The summed E-state index contributed by atoms with van der Waals surface area (Å²) in [5, 5.41) is 9.37. The van der Waals surface area contributed by atoms with Crippen molar-refractivity contribution in [1.29, 1.82) is 0 Å². The van der Waals surface area contributed by atoms with Gasteiger partial charge in [0.2, 0.25) is 0 Å². The van der Waals surface area contributed by atoms with Crippen LogP contribution in [0.25, 0.3) is 6.08 Å². The third-order valence-electron chi connectivity index (χ3n) is 4.43. The Kier molecular flexibility index (Phi) is 4.92. The number of piperidine rings is 1. The van der Waals surface area contributed by atoms with Crippen molar-refractivity contribution >= 4 is 6.08 Å². The molecule has 22 heavy (non-hydrogen) atoms. The van der Waals surface area contributed by atoms with Crippen LogP contribution < -0.4 is 0 Å². The quantitative estimate of drug-likeness (QED) is 0.909. The van der Waals surface area contributed by atoms with Crippen molar-refractivity contribution in [3.63, 3.8) is 0 Å². The van der Waals surface area contributed by atoms with Crippen LogP contribution in [0.3, 0.4) is 0 Å².